The molecule has 0 aliphatic heterocycles. The summed E-state index contributed by atoms with van der Waals surface area (Å²) in [5, 5.41) is 0. The number of amides is 1. The number of hydrogen-bond donors (Lipinski definition) is 1. The van der Waals surface area contributed by atoms with Crippen molar-refractivity contribution in [3.05, 3.63) is 28.8 Å². The molecule has 3 nitrogen and oxygen atoms in total. The molecular weight excluding hydrogens is 233 g/mol. The van der Waals surface area contributed by atoms with Crippen LogP contribution >= 0.6 is 0 Å². The maximum Gasteiger partial charge on any atom is 0.418 e. The number of nitrogen functional groups attached to an aromatic ring is 1. The molecule has 0 aromatic heterocycles. The Morgan fingerprint density at radius 3 is 2.24 bits per heavy atom. The lowest BCUT2D eigenvalue weighted by molar-refractivity contribution is -0.136. The highest BCUT2D eigenvalue weighted by molar-refractivity contribution is 5.99. The Hall–Kier alpha value is -1.72. The van der Waals surface area contributed by atoms with E-state index in [0.717, 1.165) is 6.07 Å². The van der Waals surface area contributed by atoms with E-state index in [9.17, 15) is 18.0 Å². The lowest BCUT2D eigenvalue weighted by atomic mass is 10.0. The van der Waals surface area contributed by atoms with E-state index in [4.69, 9.17) is 5.73 Å². The third kappa shape index (κ3) is 2.69. The molecule has 0 fully saturated rings. The van der Waals surface area contributed by atoms with Crippen LogP contribution in [0.4, 0.5) is 18.9 Å². The van der Waals surface area contributed by atoms with Gasteiger partial charge in [-0.1, -0.05) is 0 Å². The number of nitrogens with zero attached hydrogens (tertiary/aromatic N) is 1. The minimum absolute atomic E-state index is 0.123. The Bertz CT molecular complexity index is 453. The highest BCUT2D eigenvalue weighted by Crippen LogP contribution is 2.36. The molecule has 0 heterocycles. The maximum atomic E-state index is 12.7. The number of carbonyl (C=O) groups excluding carboxylic acids is 1. The Kier molecular flexibility index (Phi) is 3.35. The zero-order valence-electron chi connectivity index (χ0n) is 9.72. The largest absolute Gasteiger partial charge is 0.418 e. The molecule has 6 heteroatoms. The van der Waals surface area contributed by atoms with Gasteiger partial charge in [-0.15, -0.1) is 0 Å². The minimum Gasteiger partial charge on any atom is -0.398 e. The first kappa shape index (κ1) is 13.3. The van der Waals surface area contributed by atoms with Crippen molar-refractivity contribution < 1.29 is 18.0 Å². The molecular formula is C11H13F3N2O. The van der Waals surface area contributed by atoms with Crippen molar-refractivity contribution in [2.75, 3.05) is 19.8 Å². The summed E-state index contributed by atoms with van der Waals surface area (Å²) in [6.45, 7) is 1.49. The Morgan fingerprint density at radius 2 is 1.82 bits per heavy atom. The number of rotatable bonds is 1. The van der Waals surface area contributed by atoms with Crippen LogP contribution in [0, 0.1) is 6.92 Å². The van der Waals surface area contributed by atoms with Crippen molar-refractivity contribution in [2.24, 2.45) is 0 Å². The van der Waals surface area contributed by atoms with Crippen molar-refractivity contribution >= 4 is 11.6 Å². The molecule has 17 heavy (non-hydrogen) atoms. The van der Waals surface area contributed by atoms with E-state index in [1.165, 1.54) is 32.0 Å². The Morgan fingerprint density at radius 1 is 1.29 bits per heavy atom. The molecule has 0 spiro atoms. The number of aryl methyl sites for hydroxylation is 1. The zero-order chi connectivity index (χ0) is 13.4. The second-order valence-electron chi connectivity index (χ2n) is 3.97. The summed E-state index contributed by atoms with van der Waals surface area (Å²) in [5.41, 5.74) is 4.14. The molecule has 0 bridgehead atoms. The second kappa shape index (κ2) is 4.27. The fraction of sp³-hybridized carbons (Fsp3) is 0.364. The maximum absolute atomic E-state index is 12.7. The van der Waals surface area contributed by atoms with Gasteiger partial charge in [0, 0.05) is 14.1 Å². The minimum atomic E-state index is -4.56. The van der Waals surface area contributed by atoms with Crippen LogP contribution in [0.5, 0.6) is 0 Å². The summed E-state index contributed by atoms with van der Waals surface area (Å²) in [4.78, 5) is 12.9. The van der Waals surface area contributed by atoms with E-state index in [1.54, 1.807) is 0 Å². The molecule has 0 radical (unpaired) electrons. The normalized spacial score (nSPS) is 11.4. The van der Waals surface area contributed by atoms with Gasteiger partial charge in [-0.3, -0.25) is 4.79 Å². The van der Waals surface area contributed by atoms with E-state index >= 15 is 0 Å². The molecule has 0 saturated heterocycles. The highest BCUT2D eigenvalue weighted by atomic mass is 19.4. The van der Waals surface area contributed by atoms with Crippen LogP contribution in [-0.2, 0) is 6.18 Å². The van der Waals surface area contributed by atoms with Gasteiger partial charge in [0.15, 0.2) is 0 Å². The third-order valence-corrected chi connectivity index (χ3v) is 2.27. The summed E-state index contributed by atoms with van der Waals surface area (Å²) in [5.74, 6) is -0.545. The molecule has 1 aromatic carbocycles. The van der Waals surface area contributed by atoms with E-state index in [-0.39, 0.29) is 5.56 Å². The molecule has 1 rings (SSSR count). The average Bonchev–Trinajstić information content (AvgIpc) is 2.18. The summed E-state index contributed by atoms with van der Waals surface area (Å²) in [6.07, 6.45) is -4.56. The highest BCUT2D eigenvalue weighted by Gasteiger charge is 2.35. The number of benzene rings is 1. The van der Waals surface area contributed by atoms with Gasteiger partial charge in [-0.05, 0) is 24.6 Å². The van der Waals surface area contributed by atoms with Crippen molar-refractivity contribution in [3.63, 3.8) is 0 Å². The molecule has 0 unspecified atom stereocenters. The van der Waals surface area contributed by atoms with Gasteiger partial charge in [-0.2, -0.15) is 13.2 Å². The predicted molar refractivity (Wildman–Crippen MR) is 58.6 cm³/mol. The molecule has 1 aromatic rings. The zero-order valence-corrected chi connectivity index (χ0v) is 9.72. The number of carbonyl (C=O) groups is 1. The number of alkyl halides is 3. The van der Waals surface area contributed by atoms with Crippen LogP contribution in [0.2, 0.25) is 0 Å². The fourth-order valence-electron chi connectivity index (χ4n) is 1.45. The predicted octanol–water partition coefficient (Wildman–Crippen LogP) is 2.30. The topological polar surface area (TPSA) is 46.3 Å². The lowest BCUT2D eigenvalue weighted by Crippen LogP contribution is -2.24. The fourth-order valence-corrected chi connectivity index (χ4v) is 1.45. The van der Waals surface area contributed by atoms with Gasteiger partial charge >= 0.3 is 6.18 Å². The number of halogens is 3. The van der Waals surface area contributed by atoms with Crippen molar-refractivity contribution in [1.82, 2.24) is 4.90 Å². The smallest absolute Gasteiger partial charge is 0.398 e. The third-order valence-electron chi connectivity index (χ3n) is 2.27. The number of anilines is 1. The molecule has 2 N–H and O–H groups in total. The molecule has 0 atom stereocenters. The van der Waals surface area contributed by atoms with Gasteiger partial charge in [0.2, 0.25) is 0 Å². The molecule has 0 saturated carbocycles. The molecule has 0 aliphatic rings. The van der Waals surface area contributed by atoms with Crippen LogP contribution in [0.1, 0.15) is 21.5 Å². The molecule has 94 valence electrons. The van der Waals surface area contributed by atoms with Gasteiger partial charge in [0.05, 0.1) is 16.8 Å². The Labute approximate surface area is 97.0 Å². The van der Waals surface area contributed by atoms with Gasteiger partial charge < -0.3 is 10.6 Å². The van der Waals surface area contributed by atoms with Gasteiger partial charge in [-0.25, -0.2) is 0 Å². The van der Waals surface area contributed by atoms with Crippen molar-refractivity contribution in [3.8, 4) is 0 Å². The summed E-state index contributed by atoms with van der Waals surface area (Å²) >= 11 is 0. The van der Waals surface area contributed by atoms with Crippen LogP contribution in [0.15, 0.2) is 12.1 Å². The van der Waals surface area contributed by atoms with E-state index in [0.29, 0.717) is 5.56 Å². The monoisotopic (exact) mass is 246 g/mol. The van der Waals surface area contributed by atoms with Crippen LogP contribution in [0.3, 0.4) is 0 Å². The van der Waals surface area contributed by atoms with E-state index in [1.807, 2.05) is 0 Å². The number of nitrogens with two attached hydrogens (primary N) is 1. The van der Waals surface area contributed by atoms with Gasteiger partial charge in [0.25, 0.3) is 5.91 Å². The average molecular weight is 246 g/mol. The Balaban J connectivity index is 3.44. The first-order chi connectivity index (χ1) is 7.64. The van der Waals surface area contributed by atoms with Crippen LogP contribution < -0.4 is 5.73 Å². The molecule has 1 amide bonds. The second-order valence-corrected chi connectivity index (χ2v) is 3.97. The number of hydrogen-bond acceptors (Lipinski definition) is 2. The van der Waals surface area contributed by atoms with E-state index < -0.39 is 23.3 Å². The standard InChI is InChI=1S/C11H13F3N2O/c1-6-4-7(10(17)16(2)3)9(15)8(5-6)11(12,13)14/h4-5H,15H2,1-3H3. The SMILES string of the molecule is Cc1cc(C(=O)N(C)C)c(N)c(C(F)(F)F)c1. The van der Waals surface area contributed by atoms with Crippen LogP contribution in [0.25, 0.3) is 0 Å². The van der Waals surface area contributed by atoms with Crippen molar-refractivity contribution in [2.45, 2.75) is 13.1 Å². The summed E-state index contributed by atoms with van der Waals surface area (Å²) < 4.78 is 38.0. The first-order valence-corrected chi connectivity index (χ1v) is 4.83. The van der Waals surface area contributed by atoms with E-state index in [2.05, 4.69) is 0 Å². The summed E-state index contributed by atoms with van der Waals surface area (Å²) in [6, 6.07) is 2.29. The quantitative estimate of drug-likeness (QED) is 0.773. The summed E-state index contributed by atoms with van der Waals surface area (Å²) in [7, 11) is 2.91. The first-order valence-electron chi connectivity index (χ1n) is 4.83. The van der Waals surface area contributed by atoms with Crippen molar-refractivity contribution in [1.29, 1.82) is 0 Å². The van der Waals surface area contributed by atoms with Crippen LogP contribution in [-0.4, -0.2) is 24.9 Å². The van der Waals surface area contributed by atoms with Gasteiger partial charge in [0.1, 0.15) is 0 Å². The molecule has 0 aliphatic carbocycles. The lowest BCUT2D eigenvalue weighted by Gasteiger charge is -2.17.